The molecular formula is C15H15FN4O. The molecule has 1 aromatic carbocycles. The Morgan fingerprint density at radius 1 is 1.33 bits per heavy atom. The van der Waals surface area contributed by atoms with Crippen LogP contribution in [0.4, 0.5) is 10.2 Å². The second-order valence-corrected chi connectivity index (χ2v) is 4.66. The van der Waals surface area contributed by atoms with E-state index in [1.165, 1.54) is 12.1 Å². The van der Waals surface area contributed by atoms with Crippen molar-refractivity contribution in [2.45, 2.75) is 20.0 Å². The molecule has 0 saturated carbocycles. The predicted molar refractivity (Wildman–Crippen MR) is 76.1 cm³/mol. The van der Waals surface area contributed by atoms with Crippen molar-refractivity contribution in [3.8, 4) is 6.07 Å². The number of nitriles is 1. The number of hydrogen-bond acceptors (Lipinski definition) is 5. The third-order valence-electron chi connectivity index (χ3n) is 3.29. The van der Waals surface area contributed by atoms with Crippen molar-refractivity contribution in [1.82, 2.24) is 10.2 Å². The molecule has 0 bridgehead atoms. The fourth-order valence-corrected chi connectivity index (χ4v) is 1.92. The Morgan fingerprint density at radius 2 is 2.05 bits per heavy atom. The third-order valence-corrected chi connectivity index (χ3v) is 3.29. The first kappa shape index (κ1) is 14.9. The molecule has 5 nitrogen and oxygen atoms in total. The normalized spacial score (nSPS) is 11.8. The molecule has 0 amide bonds. The van der Waals surface area contributed by atoms with Gasteiger partial charge in [-0.2, -0.15) is 10.4 Å². The summed E-state index contributed by atoms with van der Waals surface area (Å²) in [4.78, 5) is 0. The average molecular weight is 286 g/mol. The van der Waals surface area contributed by atoms with E-state index >= 15 is 0 Å². The lowest BCUT2D eigenvalue weighted by Gasteiger charge is -2.14. The highest BCUT2D eigenvalue weighted by Gasteiger charge is 2.15. The molecule has 1 heterocycles. The van der Waals surface area contributed by atoms with Gasteiger partial charge in [-0.3, -0.25) is 0 Å². The van der Waals surface area contributed by atoms with E-state index < -0.39 is 11.9 Å². The average Bonchev–Trinajstić information content (AvgIpc) is 2.48. The van der Waals surface area contributed by atoms with Crippen LogP contribution in [0.3, 0.4) is 0 Å². The van der Waals surface area contributed by atoms with Gasteiger partial charge in [0, 0.05) is 12.1 Å². The number of aryl methyl sites for hydroxylation is 1. The van der Waals surface area contributed by atoms with Gasteiger partial charge in [-0.1, -0.05) is 18.2 Å². The molecule has 6 heteroatoms. The van der Waals surface area contributed by atoms with E-state index in [2.05, 4.69) is 21.6 Å². The lowest BCUT2D eigenvalue weighted by molar-refractivity contribution is 0.186. The van der Waals surface area contributed by atoms with Crippen LogP contribution in [0.2, 0.25) is 0 Å². The molecule has 2 aromatic rings. The second kappa shape index (κ2) is 6.29. The van der Waals surface area contributed by atoms with Crippen molar-refractivity contribution in [2.24, 2.45) is 0 Å². The number of aliphatic hydroxyl groups excluding tert-OH is 1. The number of anilines is 1. The zero-order valence-corrected chi connectivity index (χ0v) is 11.8. The molecule has 0 radical (unpaired) electrons. The van der Waals surface area contributed by atoms with Gasteiger partial charge in [0.25, 0.3) is 0 Å². The van der Waals surface area contributed by atoms with Gasteiger partial charge in [0.15, 0.2) is 5.82 Å². The lowest BCUT2D eigenvalue weighted by atomic mass is 10.1. The van der Waals surface area contributed by atoms with Crippen LogP contribution in [0.15, 0.2) is 24.3 Å². The number of halogens is 1. The SMILES string of the molecule is Cc1nnc(NC[C@@H](O)c2ccccc2F)c(C#N)c1C. The zero-order chi connectivity index (χ0) is 15.4. The van der Waals surface area contributed by atoms with Gasteiger partial charge >= 0.3 is 0 Å². The van der Waals surface area contributed by atoms with Gasteiger partial charge < -0.3 is 10.4 Å². The van der Waals surface area contributed by atoms with Crippen LogP contribution in [-0.2, 0) is 0 Å². The number of hydrogen-bond donors (Lipinski definition) is 2. The molecule has 0 aliphatic heterocycles. The molecule has 0 aliphatic carbocycles. The first-order valence-corrected chi connectivity index (χ1v) is 6.45. The Balaban J connectivity index is 2.16. The maximum atomic E-state index is 13.6. The Hall–Kier alpha value is -2.52. The van der Waals surface area contributed by atoms with Gasteiger partial charge in [0.05, 0.1) is 11.8 Å². The van der Waals surface area contributed by atoms with Gasteiger partial charge in [0.2, 0.25) is 0 Å². The molecule has 2 rings (SSSR count). The highest BCUT2D eigenvalue weighted by Crippen LogP contribution is 2.20. The Morgan fingerprint density at radius 3 is 2.71 bits per heavy atom. The van der Waals surface area contributed by atoms with Crippen molar-refractivity contribution in [1.29, 1.82) is 5.26 Å². The Bertz CT molecular complexity index is 697. The van der Waals surface area contributed by atoms with Crippen molar-refractivity contribution in [3.05, 3.63) is 52.5 Å². The van der Waals surface area contributed by atoms with Crippen molar-refractivity contribution in [2.75, 3.05) is 11.9 Å². The van der Waals surface area contributed by atoms with E-state index in [-0.39, 0.29) is 17.9 Å². The van der Waals surface area contributed by atoms with Gasteiger partial charge in [-0.05, 0) is 25.5 Å². The summed E-state index contributed by atoms with van der Waals surface area (Å²) >= 11 is 0. The summed E-state index contributed by atoms with van der Waals surface area (Å²) in [5.41, 5.74) is 1.98. The molecule has 0 spiro atoms. The second-order valence-electron chi connectivity index (χ2n) is 4.66. The largest absolute Gasteiger partial charge is 0.386 e. The van der Waals surface area contributed by atoms with Crippen molar-refractivity contribution in [3.63, 3.8) is 0 Å². The highest BCUT2D eigenvalue weighted by molar-refractivity contribution is 5.55. The molecule has 0 fully saturated rings. The van der Waals surface area contributed by atoms with Crippen molar-refractivity contribution < 1.29 is 9.50 Å². The topological polar surface area (TPSA) is 81.8 Å². The minimum atomic E-state index is -1.04. The summed E-state index contributed by atoms with van der Waals surface area (Å²) in [5, 5.41) is 29.9. The molecule has 21 heavy (non-hydrogen) atoms. The standard InChI is InChI=1S/C15H15FN4O/c1-9-10(2)19-20-15(12(9)7-17)18-8-14(21)11-5-3-4-6-13(11)16/h3-6,14,21H,8H2,1-2H3,(H,18,20)/t14-/m1/s1. The number of benzene rings is 1. The van der Waals surface area contributed by atoms with Crippen molar-refractivity contribution >= 4 is 5.82 Å². The molecule has 1 aromatic heterocycles. The first-order valence-electron chi connectivity index (χ1n) is 6.45. The van der Waals surface area contributed by atoms with Gasteiger partial charge in [-0.25, -0.2) is 4.39 Å². The van der Waals surface area contributed by atoms with Crippen LogP contribution in [0, 0.1) is 31.0 Å². The number of aromatic nitrogens is 2. The maximum Gasteiger partial charge on any atom is 0.167 e. The van der Waals surface area contributed by atoms with Crippen LogP contribution in [-0.4, -0.2) is 21.8 Å². The Labute approximate surface area is 122 Å². The fourth-order valence-electron chi connectivity index (χ4n) is 1.92. The van der Waals surface area contributed by atoms with Crippen LogP contribution in [0.5, 0.6) is 0 Å². The fraction of sp³-hybridized carbons (Fsp3) is 0.267. The number of aliphatic hydroxyl groups is 1. The van der Waals surface area contributed by atoms with E-state index in [4.69, 9.17) is 5.26 Å². The quantitative estimate of drug-likeness (QED) is 0.901. The van der Waals surface area contributed by atoms with E-state index in [1.54, 1.807) is 26.0 Å². The minimum Gasteiger partial charge on any atom is -0.386 e. The Kier molecular flexibility index (Phi) is 4.45. The third kappa shape index (κ3) is 3.15. The summed E-state index contributed by atoms with van der Waals surface area (Å²) in [6.45, 7) is 3.58. The summed E-state index contributed by atoms with van der Waals surface area (Å²) in [7, 11) is 0. The van der Waals surface area contributed by atoms with E-state index in [0.717, 1.165) is 5.56 Å². The highest BCUT2D eigenvalue weighted by atomic mass is 19.1. The zero-order valence-electron chi connectivity index (χ0n) is 11.8. The predicted octanol–water partition coefficient (Wildman–Crippen LogP) is 2.25. The number of rotatable bonds is 4. The van der Waals surface area contributed by atoms with E-state index in [1.807, 2.05) is 0 Å². The summed E-state index contributed by atoms with van der Waals surface area (Å²) in [5.74, 6) is -0.186. The smallest absolute Gasteiger partial charge is 0.167 e. The first-order chi connectivity index (χ1) is 10.0. The number of nitrogens with zero attached hydrogens (tertiary/aromatic N) is 3. The summed E-state index contributed by atoms with van der Waals surface area (Å²) in [6.07, 6.45) is -1.04. The molecule has 108 valence electrons. The summed E-state index contributed by atoms with van der Waals surface area (Å²) in [6, 6.07) is 8.07. The van der Waals surface area contributed by atoms with Gasteiger partial charge in [0.1, 0.15) is 17.4 Å². The molecule has 0 saturated heterocycles. The maximum absolute atomic E-state index is 13.6. The minimum absolute atomic E-state index is 0.0345. The molecule has 0 unspecified atom stereocenters. The molecule has 1 atom stereocenters. The van der Waals surface area contributed by atoms with E-state index in [0.29, 0.717) is 11.3 Å². The van der Waals surface area contributed by atoms with Crippen LogP contribution in [0.25, 0.3) is 0 Å². The molecule has 0 aliphatic rings. The van der Waals surface area contributed by atoms with Crippen LogP contribution >= 0.6 is 0 Å². The molecular weight excluding hydrogens is 271 g/mol. The van der Waals surface area contributed by atoms with E-state index in [9.17, 15) is 9.50 Å². The van der Waals surface area contributed by atoms with Gasteiger partial charge in [-0.15, -0.1) is 5.10 Å². The number of nitrogens with one attached hydrogen (secondary N) is 1. The molecule has 2 N–H and O–H groups in total. The lowest BCUT2D eigenvalue weighted by Crippen LogP contribution is -2.16. The van der Waals surface area contributed by atoms with Crippen LogP contribution in [0.1, 0.15) is 28.5 Å². The summed E-state index contributed by atoms with van der Waals surface area (Å²) < 4.78 is 13.6. The van der Waals surface area contributed by atoms with Crippen LogP contribution < -0.4 is 5.32 Å². The monoisotopic (exact) mass is 286 g/mol.